The minimum Gasteiger partial charge on any atom is -0.487 e. The summed E-state index contributed by atoms with van der Waals surface area (Å²) in [4.78, 5) is 7.70. The molecule has 0 radical (unpaired) electrons. The predicted molar refractivity (Wildman–Crippen MR) is 156 cm³/mol. The van der Waals surface area contributed by atoms with Crippen LogP contribution >= 0.6 is 22.4 Å². The summed E-state index contributed by atoms with van der Waals surface area (Å²) < 4.78 is 25.3. The summed E-state index contributed by atoms with van der Waals surface area (Å²) in [5, 5.41) is 15.7. The number of aliphatic imine (C=N–C) groups is 1. The molecular formula is C29H28ClFN4O3S. The minimum atomic E-state index is -0.735. The monoisotopic (exact) mass is 566 g/mol. The van der Waals surface area contributed by atoms with Gasteiger partial charge in [0.25, 0.3) is 0 Å². The topological polar surface area (TPSA) is 92.3 Å². The summed E-state index contributed by atoms with van der Waals surface area (Å²) >= 11 is 6.50. The number of aliphatic hydroxyl groups excluding tert-OH is 1. The van der Waals surface area contributed by atoms with Crippen LogP contribution in [0.4, 0.5) is 10.1 Å². The summed E-state index contributed by atoms with van der Waals surface area (Å²) in [5.74, 6) is 0.826. The molecular weight excluding hydrogens is 539 g/mol. The number of hydrogen-bond acceptors (Lipinski definition) is 7. The highest BCUT2D eigenvalue weighted by molar-refractivity contribution is 8.15. The van der Waals surface area contributed by atoms with E-state index in [0.29, 0.717) is 28.7 Å². The van der Waals surface area contributed by atoms with Crippen molar-refractivity contribution in [1.29, 1.82) is 0 Å². The van der Waals surface area contributed by atoms with Gasteiger partial charge in [0.1, 0.15) is 29.0 Å². The van der Waals surface area contributed by atoms with Crippen LogP contribution in [0.15, 0.2) is 101 Å². The lowest BCUT2D eigenvalue weighted by molar-refractivity contribution is 0.126. The Labute approximate surface area is 234 Å². The average Bonchev–Trinajstić information content (AvgIpc) is 3.38. The zero-order chi connectivity index (χ0) is 27.2. The van der Waals surface area contributed by atoms with Crippen molar-refractivity contribution in [2.75, 3.05) is 18.5 Å². The number of halogens is 2. The van der Waals surface area contributed by atoms with Crippen molar-refractivity contribution in [3.05, 3.63) is 118 Å². The van der Waals surface area contributed by atoms with Gasteiger partial charge in [0, 0.05) is 24.4 Å². The Kier molecular flexibility index (Phi) is 8.75. The van der Waals surface area contributed by atoms with Gasteiger partial charge in [-0.2, -0.15) is 0 Å². The SMILES string of the molecule is NCC(O)COS1=C2C(=C(Nc3ccc(OCc4cccc(F)c4)c(Cl)c3)N=CN2Cc2ccccc2)C=C1. The molecule has 0 spiro atoms. The van der Waals surface area contributed by atoms with Crippen LogP contribution in [0.5, 0.6) is 5.75 Å². The van der Waals surface area contributed by atoms with Crippen molar-refractivity contribution in [2.45, 2.75) is 19.3 Å². The molecule has 0 fully saturated rings. The molecule has 2 heterocycles. The summed E-state index contributed by atoms with van der Waals surface area (Å²) in [6.07, 6.45) is 3.02. The summed E-state index contributed by atoms with van der Waals surface area (Å²) in [6, 6.07) is 21.7. The quantitative estimate of drug-likeness (QED) is 0.269. The van der Waals surface area contributed by atoms with E-state index in [1.54, 1.807) is 30.6 Å². The van der Waals surface area contributed by atoms with Crippen molar-refractivity contribution in [1.82, 2.24) is 4.90 Å². The summed E-state index contributed by atoms with van der Waals surface area (Å²) in [7, 11) is -0.695. The van der Waals surface area contributed by atoms with Gasteiger partial charge in [-0.1, -0.05) is 54.1 Å². The number of nitrogens with one attached hydrogen (secondary N) is 1. The van der Waals surface area contributed by atoms with E-state index in [1.807, 2.05) is 35.7 Å². The van der Waals surface area contributed by atoms with Gasteiger partial charge in [-0.15, -0.1) is 0 Å². The Morgan fingerprint density at radius 1 is 1.08 bits per heavy atom. The number of aliphatic hydroxyl groups is 1. The largest absolute Gasteiger partial charge is 0.487 e. The van der Waals surface area contributed by atoms with E-state index in [0.717, 1.165) is 21.8 Å². The standard InChI is InChI=1S/C29H28ClFN4O3S/c30-26-14-23(9-10-27(26)37-17-21-7-4-8-22(31)13-21)34-28-25-11-12-39(38-18-24(36)15-32)29(25)35(19-33-28)16-20-5-2-1-3-6-20/h1-14,19,24,34,36H,15-18,32H2. The Morgan fingerprint density at radius 2 is 1.90 bits per heavy atom. The predicted octanol–water partition coefficient (Wildman–Crippen LogP) is 5.40. The lowest BCUT2D eigenvalue weighted by Crippen LogP contribution is -2.34. The number of ether oxygens (including phenoxy) is 1. The maximum Gasteiger partial charge on any atom is 0.142 e. The number of anilines is 1. The van der Waals surface area contributed by atoms with E-state index in [2.05, 4.69) is 22.3 Å². The van der Waals surface area contributed by atoms with E-state index < -0.39 is 16.9 Å². The molecule has 0 saturated carbocycles. The Hall–Kier alpha value is -3.47. The lowest BCUT2D eigenvalue weighted by Gasteiger charge is -2.28. The van der Waals surface area contributed by atoms with E-state index in [4.69, 9.17) is 31.2 Å². The van der Waals surface area contributed by atoms with Crippen LogP contribution < -0.4 is 15.8 Å². The second-order valence-electron chi connectivity index (χ2n) is 8.89. The second kappa shape index (κ2) is 12.6. The number of hydrogen-bond donors (Lipinski definition) is 3. The first-order chi connectivity index (χ1) is 19.0. The van der Waals surface area contributed by atoms with Crippen molar-refractivity contribution in [3.63, 3.8) is 0 Å². The fourth-order valence-electron chi connectivity index (χ4n) is 4.00. The molecule has 3 aromatic rings. The first-order valence-electron chi connectivity index (χ1n) is 12.3. The fraction of sp³-hybridized carbons (Fsp3) is 0.172. The zero-order valence-electron chi connectivity index (χ0n) is 21.0. The lowest BCUT2D eigenvalue weighted by atomic mass is 10.1. The third-order valence-corrected chi connectivity index (χ3v) is 7.86. The first kappa shape index (κ1) is 27.1. The van der Waals surface area contributed by atoms with Crippen LogP contribution in [0.2, 0.25) is 5.02 Å². The van der Waals surface area contributed by atoms with Crippen LogP contribution in [0, 0.1) is 5.82 Å². The van der Waals surface area contributed by atoms with Crippen LogP contribution in [-0.4, -0.2) is 40.6 Å². The maximum atomic E-state index is 13.5. The van der Waals surface area contributed by atoms with Crippen LogP contribution in [0.3, 0.4) is 0 Å². The summed E-state index contributed by atoms with van der Waals surface area (Å²) in [6.45, 7) is 1.08. The molecule has 5 rings (SSSR count). The minimum absolute atomic E-state index is 0.129. The molecule has 2 atom stereocenters. The van der Waals surface area contributed by atoms with Crippen molar-refractivity contribution in [2.24, 2.45) is 10.7 Å². The third-order valence-electron chi connectivity index (χ3n) is 5.95. The highest BCUT2D eigenvalue weighted by Gasteiger charge is 2.27. The second-order valence-corrected chi connectivity index (χ2v) is 10.8. The Bertz CT molecular complexity index is 1460. The molecule has 0 bridgehead atoms. The van der Waals surface area contributed by atoms with Crippen LogP contribution in [0.25, 0.3) is 0 Å². The van der Waals surface area contributed by atoms with Crippen LogP contribution in [0.1, 0.15) is 11.1 Å². The van der Waals surface area contributed by atoms with Gasteiger partial charge in [0.15, 0.2) is 0 Å². The first-order valence-corrected chi connectivity index (χ1v) is 13.9. The fourth-order valence-corrected chi connectivity index (χ4v) is 5.84. The van der Waals surface area contributed by atoms with Gasteiger partial charge in [-0.05, 0) is 63.7 Å². The maximum absolute atomic E-state index is 13.5. The van der Waals surface area contributed by atoms with Gasteiger partial charge in [0.05, 0.1) is 24.1 Å². The van der Waals surface area contributed by atoms with Gasteiger partial charge < -0.3 is 30.0 Å². The molecule has 0 amide bonds. The highest BCUT2D eigenvalue weighted by Crippen LogP contribution is 2.37. The highest BCUT2D eigenvalue weighted by atomic mass is 35.5. The molecule has 10 heteroatoms. The third kappa shape index (κ3) is 6.76. The normalized spacial score (nSPS) is 17.0. The zero-order valence-corrected chi connectivity index (χ0v) is 22.5. The van der Waals surface area contributed by atoms with Crippen molar-refractivity contribution < 1.29 is 18.4 Å². The van der Waals surface area contributed by atoms with E-state index in [-0.39, 0.29) is 25.6 Å². The van der Waals surface area contributed by atoms with E-state index in [1.165, 1.54) is 12.1 Å². The number of rotatable bonds is 11. The molecule has 0 saturated heterocycles. The smallest absolute Gasteiger partial charge is 0.142 e. The van der Waals surface area contributed by atoms with Gasteiger partial charge >= 0.3 is 0 Å². The van der Waals surface area contributed by atoms with Crippen molar-refractivity contribution in [3.8, 4) is 5.75 Å². The number of nitrogens with zero attached hydrogens (tertiary/aromatic N) is 2. The molecule has 0 aromatic heterocycles. The Balaban J connectivity index is 1.35. The molecule has 0 aliphatic carbocycles. The van der Waals surface area contributed by atoms with E-state index in [9.17, 15) is 9.50 Å². The molecule has 2 aliphatic rings. The van der Waals surface area contributed by atoms with Gasteiger partial charge in [-0.3, -0.25) is 0 Å². The van der Waals surface area contributed by atoms with Gasteiger partial charge in [-0.25, -0.2) is 9.38 Å². The molecule has 7 nitrogen and oxygen atoms in total. The molecule has 3 aromatic carbocycles. The summed E-state index contributed by atoms with van der Waals surface area (Å²) in [5.41, 5.74) is 9.03. The number of fused-ring (bicyclic) bond motifs is 1. The van der Waals surface area contributed by atoms with Crippen LogP contribution in [-0.2, 0) is 17.3 Å². The Morgan fingerprint density at radius 3 is 2.67 bits per heavy atom. The number of nitrogens with two attached hydrogens (primary N) is 1. The van der Waals surface area contributed by atoms with Crippen molar-refractivity contribution >= 4 is 39.4 Å². The average molecular weight is 567 g/mol. The molecule has 2 aliphatic heterocycles. The molecule has 4 N–H and O–H groups in total. The number of benzene rings is 3. The molecule has 202 valence electrons. The van der Waals surface area contributed by atoms with Gasteiger partial charge in [0.2, 0.25) is 0 Å². The molecule has 2 unspecified atom stereocenters. The van der Waals surface area contributed by atoms with E-state index >= 15 is 0 Å². The molecule has 39 heavy (non-hydrogen) atoms.